The quantitative estimate of drug-likeness (QED) is 0.294. The topological polar surface area (TPSA) is 91.5 Å². The number of carbonyl (C=O) groups excluding carboxylic acids is 1. The Morgan fingerprint density at radius 2 is 1.79 bits per heavy atom. The van der Waals surface area contributed by atoms with Crippen molar-refractivity contribution in [2.75, 3.05) is 11.9 Å². The second kappa shape index (κ2) is 11.9. The number of nitrogens with two attached hydrogens (primary N) is 1. The smallest absolute Gasteiger partial charge is 0.319 e. The molecular weight excluding hydrogens is 417 g/mol. The summed E-state index contributed by atoms with van der Waals surface area (Å²) in [5.74, 6) is 1.10. The maximum absolute atomic E-state index is 11.6. The minimum Gasteiger partial charge on any atom is -0.370 e. The molecule has 0 aliphatic rings. The number of aliphatic imine (C=N–C) groups is 1. The first-order chi connectivity index (χ1) is 10.9. The van der Waals surface area contributed by atoms with Gasteiger partial charge in [0.15, 0.2) is 5.96 Å². The second-order valence-electron chi connectivity index (χ2n) is 6.26. The third kappa shape index (κ3) is 10.3. The van der Waals surface area contributed by atoms with Gasteiger partial charge in [0.25, 0.3) is 0 Å². The highest BCUT2D eigenvalue weighted by Crippen LogP contribution is 2.10. The van der Waals surface area contributed by atoms with E-state index in [-0.39, 0.29) is 36.0 Å². The molecule has 0 aliphatic heterocycles. The van der Waals surface area contributed by atoms with Crippen molar-refractivity contribution >= 4 is 41.7 Å². The Bertz CT molecular complexity index is 514. The van der Waals surface area contributed by atoms with Crippen LogP contribution in [0.4, 0.5) is 10.5 Å². The lowest BCUT2D eigenvalue weighted by Crippen LogP contribution is -2.34. The molecule has 1 aromatic rings. The summed E-state index contributed by atoms with van der Waals surface area (Å²) in [5.41, 5.74) is 7.61. The molecule has 0 radical (unpaired) electrons. The highest BCUT2D eigenvalue weighted by atomic mass is 127. The average Bonchev–Trinajstić information content (AvgIpc) is 2.45. The molecule has 0 spiro atoms. The van der Waals surface area contributed by atoms with E-state index in [9.17, 15) is 4.79 Å². The van der Waals surface area contributed by atoms with Gasteiger partial charge in [-0.2, -0.15) is 0 Å². The summed E-state index contributed by atoms with van der Waals surface area (Å²) in [4.78, 5) is 15.9. The fourth-order valence-corrected chi connectivity index (χ4v) is 1.84. The number of carbonyl (C=O) groups is 1. The zero-order valence-corrected chi connectivity index (χ0v) is 17.3. The van der Waals surface area contributed by atoms with Gasteiger partial charge in [-0.15, -0.1) is 24.0 Å². The Kier molecular flexibility index (Phi) is 11.2. The fourth-order valence-electron chi connectivity index (χ4n) is 1.84. The number of hydrogen-bond acceptors (Lipinski definition) is 2. The van der Waals surface area contributed by atoms with E-state index in [4.69, 9.17) is 5.73 Å². The highest BCUT2D eigenvalue weighted by Gasteiger charge is 2.03. The molecule has 5 N–H and O–H groups in total. The Balaban J connectivity index is 0.00000529. The van der Waals surface area contributed by atoms with Crippen molar-refractivity contribution < 1.29 is 4.79 Å². The molecule has 0 heterocycles. The minimum absolute atomic E-state index is 0. The van der Waals surface area contributed by atoms with E-state index in [0.717, 1.165) is 24.2 Å². The molecule has 0 bridgehead atoms. The van der Waals surface area contributed by atoms with Crippen LogP contribution in [0.5, 0.6) is 0 Å². The zero-order chi connectivity index (χ0) is 17.2. The van der Waals surface area contributed by atoms with Gasteiger partial charge in [-0.1, -0.05) is 26.0 Å². The summed E-state index contributed by atoms with van der Waals surface area (Å²) in [7, 11) is 0. The Morgan fingerprint density at radius 1 is 1.17 bits per heavy atom. The first-order valence-corrected chi connectivity index (χ1v) is 8.07. The highest BCUT2D eigenvalue weighted by molar-refractivity contribution is 14.0. The van der Waals surface area contributed by atoms with E-state index >= 15 is 0 Å². The van der Waals surface area contributed by atoms with Crippen LogP contribution in [0, 0.1) is 5.92 Å². The molecule has 2 amide bonds. The summed E-state index contributed by atoms with van der Waals surface area (Å²) in [6.07, 6.45) is 1.06. The number of guanidine groups is 1. The maximum Gasteiger partial charge on any atom is 0.319 e. The molecule has 0 saturated heterocycles. The predicted octanol–water partition coefficient (Wildman–Crippen LogP) is 3.28. The molecule has 0 unspecified atom stereocenters. The Hall–Kier alpha value is -1.51. The first kappa shape index (κ1) is 22.5. The van der Waals surface area contributed by atoms with Gasteiger partial charge in [-0.05, 0) is 43.9 Å². The van der Waals surface area contributed by atoms with Crippen molar-refractivity contribution in [3.05, 3.63) is 29.8 Å². The van der Waals surface area contributed by atoms with Crippen molar-refractivity contribution in [2.45, 2.75) is 46.7 Å². The van der Waals surface area contributed by atoms with Gasteiger partial charge >= 0.3 is 6.03 Å². The number of nitrogens with one attached hydrogen (secondary N) is 3. The number of anilines is 1. The van der Waals surface area contributed by atoms with Crippen molar-refractivity contribution in [3.63, 3.8) is 0 Å². The van der Waals surface area contributed by atoms with Crippen LogP contribution in [0.25, 0.3) is 0 Å². The average molecular weight is 447 g/mol. The molecule has 1 aromatic carbocycles. The van der Waals surface area contributed by atoms with Gasteiger partial charge in [0.1, 0.15) is 0 Å². The molecule has 24 heavy (non-hydrogen) atoms. The van der Waals surface area contributed by atoms with E-state index in [1.807, 2.05) is 38.1 Å². The lowest BCUT2D eigenvalue weighted by atomic mass is 10.1. The van der Waals surface area contributed by atoms with E-state index in [1.165, 1.54) is 0 Å². The number of benzene rings is 1. The molecule has 136 valence electrons. The SMILES string of the molecule is CC(C)CCNC(N)=NCc1ccc(NC(=O)NC(C)C)cc1.I. The third-order valence-electron chi connectivity index (χ3n) is 3.09. The van der Waals surface area contributed by atoms with Crippen LogP contribution < -0.4 is 21.7 Å². The Morgan fingerprint density at radius 3 is 2.33 bits per heavy atom. The molecular formula is C17H30IN5O. The second-order valence-corrected chi connectivity index (χ2v) is 6.26. The van der Waals surface area contributed by atoms with Crippen LogP contribution in [0.3, 0.4) is 0 Å². The first-order valence-electron chi connectivity index (χ1n) is 8.07. The number of rotatable bonds is 7. The van der Waals surface area contributed by atoms with Crippen LogP contribution in [0.1, 0.15) is 39.7 Å². The van der Waals surface area contributed by atoms with Gasteiger partial charge in [0, 0.05) is 18.3 Å². The monoisotopic (exact) mass is 447 g/mol. The van der Waals surface area contributed by atoms with Crippen LogP contribution in [0.2, 0.25) is 0 Å². The van der Waals surface area contributed by atoms with Gasteiger partial charge < -0.3 is 21.7 Å². The number of hydrogen-bond donors (Lipinski definition) is 4. The summed E-state index contributed by atoms with van der Waals surface area (Å²) >= 11 is 0. The maximum atomic E-state index is 11.6. The third-order valence-corrected chi connectivity index (χ3v) is 3.09. The van der Waals surface area contributed by atoms with Crippen LogP contribution in [-0.2, 0) is 6.54 Å². The van der Waals surface area contributed by atoms with E-state index in [2.05, 4.69) is 34.8 Å². The summed E-state index contributed by atoms with van der Waals surface area (Å²) in [6.45, 7) is 9.53. The molecule has 7 heteroatoms. The molecule has 1 rings (SSSR count). The number of nitrogens with zero attached hydrogens (tertiary/aromatic N) is 1. The number of amides is 2. The van der Waals surface area contributed by atoms with Crippen molar-refractivity contribution in [3.8, 4) is 0 Å². The molecule has 6 nitrogen and oxygen atoms in total. The standard InChI is InChI=1S/C17H29N5O.HI/c1-12(2)9-10-19-16(18)20-11-14-5-7-15(8-6-14)22-17(23)21-13(3)4;/h5-8,12-13H,9-11H2,1-4H3,(H3,18,19,20)(H2,21,22,23);1H. The predicted molar refractivity (Wildman–Crippen MR) is 112 cm³/mol. The lowest BCUT2D eigenvalue weighted by Gasteiger charge is -2.10. The molecule has 0 aliphatic carbocycles. The Labute approximate surface area is 162 Å². The van der Waals surface area contributed by atoms with E-state index < -0.39 is 0 Å². The van der Waals surface area contributed by atoms with Crippen LogP contribution >= 0.6 is 24.0 Å². The summed E-state index contributed by atoms with van der Waals surface area (Å²) < 4.78 is 0. The van der Waals surface area contributed by atoms with Crippen molar-refractivity contribution in [2.24, 2.45) is 16.6 Å². The summed E-state index contributed by atoms with van der Waals surface area (Å²) in [6, 6.07) is 7.46. The summed E-state index contributed by atoms with van der Waals surface area (Å²) in [5, 5.41) is 8.66. The van der Waals surface area contributed by atoms with Gasteiger partial charge in [-0.3, -0.25) is 0 Å². The van der Waals surface area contributed by atoms with Crippen LogP contribution in [0.15, 0.2) is 29.3 Å². The van der Waals surface area contributed by atoms with E-state index in [0.29, 0.717) is 18.4 Å². The van der Waals surface area contributed by atoms with Crippen LogP contribution in [-0.4, -0.2) is 24.6 Å². The lowest BCUT2D eigenvalue weighted by molar-refractivity contribution is 0.250. The molecule has 0 saturated carbocycles. The van der Waals surface area contributed by atoms with Crippen molar-refractivity contribution in [1.82, 2.24) is 10.6 Å². The molecule has 0 fully saturated rings. The minimum atomic E-state index is -0.204. The largest absolute Gasteiger partial charge is 0.370 e. The van der Waals surface area contributed by atoms with E-state index in [1.54, 1.807) is 0 Å². The molecule has 0 aromatic heterocycles. The van der Waals surface area contributed by atoms with Gasteiger partial charge in [0.05, 0.1) is 6.54 Å². The molecule has 0 atom stereocenters. The normalized spacial score (nSPS) is 11.2. The van der Waals surface area contributed by atoms with Crippen molar-refractivity contribution in [1.29, 1.82) is 0 Å². The number of halogens is 1. The fraction of sp³-hybridized carbons (Fsp3) is 0.529. The zero-order valence-electron chi connectivity index (χ0n) is 14.9. The number of urea groups is 1. The van der Waals surface area contributed by atoms with Gasteiger partial charge in [0.2, 0.25) is 0 Å². The van der Waals surface area contributed by atoms with Gasteiger partial charge in [-0.25, -0.2) is 9.79 Å².